The Hall–Kier alpha value is -0.160. The first kappa shape index (κ1) is 14.9. The molecule has 0 amide bonds. The van der Waals surface area contributed by atoms with Gasteiger partial charge in [0.05, 0.1) is 13.2 Å². The summed E-state index contributed by atoms with van der Waals surface area (Å²) in [6, 6.07) is 0. The molecule has 1 heterocycles. The highest BCUT2D eigenvalue weighted by Gasteiger charge is 2.27. The molecule has 0 spiro atoms. The molecule has 102 valence electrons. The van der Waals surface area contributed by atoms with E-state index in [0.29, 0.717) is 5.92 Å². The quantitative estimate of drug-likeness (QED) is 0.723. The predicted molar refractivity (Wildman–Crippen MR) is 70.4 cm³/mol. The molecule has 0 bridgehead atoms. The number of hydrogen-bond acceptors (Lipinski definition) is 4. The molecule has 0 aliphatic carbocycles. The first-order valence-corrected chi connectivity index (χ1v) is 6.58. The van der Waals surface area contributed by atoms with Crippen LogP contribution in [0.2, 0.25) is 0 Å². The van der Waals surface area contributed by atoms with E-state index in [0.717, 1.165) is 46.0 Å². The molecule has 1 rings (SSSR count). The number of nitrogens with one attached hydrogen (secondary N) is 1. The third kappa shape index (κ3) is 5.34. The van der Waals surface area contributed by atoms with Crippen LogP contribution in [0, 0.1) is 5.92 Å². The Bertz CT molecular complexity index is 204. The molecular formula is C13H28N2O2. The molecule has 1 N–H and O–H groups in total. The maximum Gasteiger partial charge on any atom is 0.0594 e. The number of ether oxygens (including phenoxy) is 2. The Morgan fingerprint density at radius 2 is 2.00 bits per heavy atom. The van der Waals surface area contributed by atoms with E-state index in [4.69, 9.17) is 9.47 Å². The van der Waals surface area contributed by atoms with Crippen LogP contribution in [-0.4, -0.2) is 63.5 Å². The fourth-order valence-corrected chi connectivity index (χ4v) is 2.25. The Kier molecular flexibility index (Phi) is 6.41. The van der Waals surface area contributed by atoms with Crippen LogP contribution in [0.4, 0.5) is 0 Å². The standard InChI is InChI=1S/C13H28N2O2/c1-12(10-16-4)9-14-11-13(2,3)15-5-7-17-8-6-15/h12,14H,5-11H2,1-4H3. The largest absolute Gasteiger partial charge is 0.384 e. The van der Waals surface area contributed by atoms with Crippen molar-refractivity contribution in [2.45, 2.75) is 26.3 Å². The van der Waals surface area contributed by atoms with E-state index in [2.05, 4.69) is 31.0 Å². The number of nitrogens with zero attached hydrogens (tertiary/aromatic N) is 1. The van der Waals surface area contributed by atoms with Gasteiger partial charge in [0.25, 0.3) is 0 Å². The summed E-state index contributed by atoms with van der Waals surface area (Å²) in [6.45, 7) is 13.5. The SMILES string of the molecule is COCC(C)CNCC(C)(C)N1CCOCC1. The van der Waals surface area contributed by atoms with Crippen molar-refractivity contribution in [3.05, 3.63) is 0 Å². The topological polar surface area (TPSA) is 33.7 Å². The zero-order chi connectivity index (χ0) is 12.7. The lowest BCUT2D eigenvalue weighted by Gasteiger charge is -2.41. The fraction of sp³-hybridized carbons (Fsp3) is 1.00. The minimum absolute atomic E-state index is 0.205. The molecule has 4 nitrogen and oxygen atoms in total. The fourth-order valence-electron chi connectivity index (χ4n) is 2.25. The molecule has 4 heteroatoms. The number of rotatable bonds is 7. The molecule has 17 heavy (non-hydrogen) atoms. The second-order valence-corrected chi connectivity index (χ2v) is 5.60. The maximum atomic E-state index is 5.39. The summed E-state index contributed by atoms with van der Waals surface area (Å²) in [5.41, 5.74) is 0.205. The number of morpholine rings is 1. The molecule has 0 aromatic heterocycles. The average Bonchev–Trinajstić information content (AvgIpc) is 2.30. The van der Waals surface area contributed by atoms with Gasteiger partial charge in [0.1, 0.15) is 0 Å². The Labute approximate surface area is 106 Å². The third-order valence-electron chi connectivity index (χ3n) is 3.37. The summed E-state index contributed by atoms with van der Waals surface area (Å²) in [4.78, 5) is 2.50. The average molecular weight is 244 g/mol. The van der Waals surface area contributed by atoms with Crippen molar-refractivity contribution in [3.63, 3.8) is 0 Å². The molecule has 0 aromatic rings. The second-order valence-electron chi connectivity index (χ2n) is 5.60. The van der Waals surface area contributed by atoms with Crippen molar-refractivity contribution < 1.29 is 9.47 Å². The van der Waals surface area contributed by atoms with Crippen molar-refractivity contribution in [1.82, 2.24) is 10.2 Å². The summed E-state index contributed by atoms with van der Waals surface area (Å²) in [5.74, 6) is 0.570. The van der Waals surface area contributed by atoms with Crippen molar-refractivity contribution in [2.24, 2.45) is 5.92 Å². The highest BCUT2D eigenvalue weighted by atomic mass is 16.5. The van der Waals surface area contributed by atoms with Crippen LogP contribution in [0.1, 0.15) is 20.8 Å². The van der Waals surface area contributed by atoms with Crippen LogP contribution in [0.25, 0.3) is 0 Å². The van der Waals surface area contributed by atoms with Gasteiger partial charge in [0, 0.05) is 38.9 Å². The van der Waals surface area contributed by atoms with E-state index in [9.17, 15) is 0 Å². The van der Waals surface area contributed by atoms with Crippen molar-refractivity contribution in [3.8, 4) is 0 Å². The molecule has 1 saturated heterocycles. The van der Waals surface area contributed by atoms with Gasteiger partial charge in [-0.25, -0.2) is 0 Å². The number of methoxy groups -OCH3 is 1. The summed E-state index contributed by atoms with van der Waals surface area (Å²) < 4.78 is 10.5. The smallest absolute Gasteiger partial charge is 0.0594 e. The van der Waals surface area contributed by atoms with E-state index in [1.165, 1.54) is 0 Å². The Balaban J connectivity index is 2.23. The highest BCUT2D eigenvalue weighted by Crippen LogP contribution is 2.15. The Morgan fingerprint density at radius 3 is 2.59 bits per heavy atom. The third-order valence-corrected chi connectivity index (χ3v) is 3.37. The van der Waals surface area contributed by atoms with Gasteiger partial charge in [0.2, 0.25) is 0 Å². The molecule has 1 aliphatic heterocycles. The van der Waals surface area contributed by atoms with Gasteiger partial charge in [0.15, 0.2) is 0 Å². The van der Waals surface area contributed by atoms with E-state index in [-0.39, 0.29) is 5.54 Å². The van der Waals surface area contributed by atoms with E-state index < -0.39 is 0 Å². The van der Waals surface area contributed by atoms with Crippen LogP contribution in [0.3, 0.4) is 0 Å². The minimum Gasteiger partial charge on any atom is -0.384 e. The van der Waals surface area contributed by atoms with Crippen molar-refractivity contribution in [1.29, 1.82) is 0 Å². The van der Waals surface area contributed by atoms with Crippen LogP contribution in [0.15, 0.2) is 0 Å². The van der Waals surface area contributed by atoms with Gasteiger partial charge in [-0.15, -0.1) is 0 Å². The van der Waals surface area contributed by atoms with Gasteiger partial charge in [-0.3, -0.25) is 4.90 Å². The van der Waals surface area contributed by atoms with Gasteiger partial charge in [-0.1, -0.05) is 6.92 Å². The maximum absolute atomic E-state index is 5.39. The van der Waals surface area contributed by atoms with Gasteiger partial charge >= 0.3 is 0 Å². The molecule has 1 atom stereocenters. The normalized spacial score (nSPS) is 20.5. The molecular weight excluding hydrogens is 216 g/mol. The second kappa shape index (κ2) is 7.31. The highest BCUT2D eigenvalue weighted by molar-refractivity contribution is 4.85. The van der Waals surface area contributed by atoms with E-state index in [1.54, 1.807) is 7.11 Å². The summed E-state index contributed by atoms with van der Waals surface area (Å²) >= 11 is 0. The van der Waals surface area contributed by atoms with Crippen LogP contribution < -0.4 is 5.32 Å². The van der Waals surface area contributed by atoms with Crippen LogP contribution >= 0.6 is 0 Å². The molecule has 1 aliphatic rings. The lowest BCUT2D eigenvalue weighted by molar-refractivity contribution is -0.00993. The molecule has 1 unspecified atom stereocenters. The summed E-state index contributed by atoms with van der Waals surface area (Å²) in [7, 11) is 1.76. The van der Waals surface area contributed by atoms with Gasteiger partial charge < -0.3 is 14.8 Å². The summed E-state index contributed by atoms with van der Waals surface area (Å²) in [6.07, 6.45) is 0. The Morgan fingerprint density at radius 1 is 1.35 bits per heavy atom. The first-order chi connectivity index (χ1) is 8.06. The predicted octanol–water partition coefficient (Wildman–Crippen LogP) is 0.969. The zero-order valence-electron chi connectivity index (χ0n) is 11.8. The molecule has 0 saturated carbocycles. The lowest BCUT2D eigenvalue weighted by atomic mass is 10.0. The van der Waals surface area contributed by atoms with Crippen molar-refractivity contribution in [2.75, 3.05) is 53.1 Å². The van der Waals surface area contributed by atoms with E-state index in [1.807, 2.05) is 0 Å². The molecule has 0 radical (unpaired) electrons. The lowest BCUT2D eigenvalue weighted by Crippen LogP contribution is -2.55. The molecule has 1 fully saturated rings. The number of hydrogen-bond donors (Lipinski definition) is 1. The monoisotopic (exact) mass is 244 g/mol. The zero-order valence-corrected chi connectivity index (χ0v) is 11.8. The van der Waals surface area contributed by atoms with Crippen LogP contribution in [-0.2, 0) is 9.47 Å². The summed E-state index contributed by atoms with van der Waals surface area (Å²) in [5, 5.41) is 3.55. The van der Waals surface area contributed by atoms with Crippen LogP contribution in [0.5, 0.6) is 0 Å². The van der Waals surface area contributed by atoms with E-state index >= 15 is 0 Å². The first-order valence-electron chi connectivity index (χ1n) is 6.58. The van der Waals surface area contributed by atoms with Crippen molar-refractivity contribution >= 4 is 0 Å². The minimum atomic E-state index is 0.205. The van der Waals surface area contributed by atoms with Gasteiger partial charge in [-0.05, 0) is 26.3 Å². The molecule has 0 aromatic carbocycles. The van der Waals surface area contributed by atoms with Gasteiger partial charge in [-0.2, -0.15) is 0 Å².